The number of halogens is 6. The number of hydrogen-bond acceptors (Lipinski definition) is 3. The monoisotopic (exact) mass is 596 g/mol. The smallest absolute Gasteiger partial charge is 0.375 e. The molecule has 1 saturated carbocycles. The van der Waals surface area contributed by atoms with Gasteiger partial charge < -0.3 is 15.0 Å². The number of benzene rings is 2. The minimum absolute atomic E-state index is 0.0106. The van der Waals surface area contributed by atoms with Crippen LogP contribution < -0.4 is 5.32 Å². The number of nitrogens with one attached hydrogen (secondary N) is 1. The molecule has 2 saturated heterocycles. The molecule has 5 rings (SSSR count). The molecule has 1 amide bonds. The zero-order chi connectivity index (χ0) is 30.2. The van der Waals surface area contributed by atoms with Gasteiger partial charge in [-0.3, -0.25) is 4.79 Å². The molecule has 0 aromatic heterocycles. The van der Waals surface area contributed by atoms with Crippen molar-refractivity contribution in [2.24, 2.45) is 0 Å². The fraction of sp³-hybridized carbons (Fsp3) is 0.594. The third-order valence-electron chi connectivity index (χ3n) is 9.66. The van der Waals surface area contributed by atoms with E-state index in [-0.39, 0.29) is 17.2 Å². The van der Waals surface area contributed by atoms with Crippen molar-refractivity contribution >= 4 is 5.91 Å². The number of carbonyl (C=O) groups excluding carboxylic acids is 1. The van der Waals surface area contributed by atoms with Gasteiger partial charge in [0.15, 0.2) is 0 Å². The highest BCUT2D eigenvalue weighted by Crippen LogP contribution is 2.43. The maximum atomic E-state index is 13.6. The summed E-state index contributed by atoms with van der Waals surface area (Å²) < 4.78 is 87.0. The Hall–Kier alpha value is -2.59. The van der Waals surface area contributed by atoms with Crippen molar-refractivity contribution in [1.29, 1.82) is 0 Å². The van der Waals surface area contributed by atoms with Gasteiger partial charge >= 0.3 is 12.4 Å². The van der Waals surface area contributed by atoms with Crippen LogP contribution in [0.1, 0.15) is 92.9 Å². The van der Waals surface area contributed by atoms with E-state index in [4.69, 9.17) is 4.74 Å². The molecule has 42 heavy (non-hydrogen) atoms. The number of piperidine rings is 1. The highest BCUT2D eigenvalue weighted by atomic mass is 19.4. The van der Waals surface area contributed by atoms with Gasteiger partial charge in [0.25, 0.3) is 0 Å². The summed E-state index contributed by atoms with van der Waals surface area (Å²) in [5.74, 6) is -1.82. The number of nitrogens with zero attached hydrogens (tertiary/aromatic N) is 1. The van der Waals surface area contributed by atoms with E-state index in [0.717, 1.165) is 63.8 Å². The molecule has 1 aliphatic carbocycles. The summed E-state index contributed by atoms with van der Waals surface area (Å²) in [6.07, 6.45) is -1.61. The lowest BCUT2D eigenvalue weighted by atomic mass is 9.73. The van der Waals surface area contributed by atoms with Gasteiger partial charge in [-0.15, -0.1) is 0 Å². The Bertz CT molecular complexity index is 1190. The maximum Gasteiger partial charge on any atom is 0.416 e. The topological polar surface area (TPSA) is 41.6 Å². The van der Waals surface area contributed by atoms with E-state index in [1.165, 1.54) is 13.3 Å². The van der Waals surface area contributed by atoms with E-state index in [2.05, 4.69) is 10.2 Å². The molecule has 1 spiro atoms. The number of amides is 1. The van der Waals surface area contributed by atoms with Crippen molar-refractivity contribution < 1.29 is 35.9 Å². The molecular formula is C32H38F6N2O2. The lowest BCUT2D eigenvalue weighted by Crippen LogP contribution is -2.55. The van der Waals surface area contributed by atoms with Crippen molar-refractivity contribution in [3.8, 4) is 0 Å². The number of carbonyl (C=O) groups is 1. The quantitative estimate of drug-likeness (QED) is 0.358. The van der Waals surface area contributed by atoms with Crippen LogP contribution in [0.25, 0.3) is 0 Å². The van der Waals surface area contributed by atoms with Crippen molar-refractivity contribution in [1.82, 2.24) is 10.2 Å². The molecule has 230 valence electrons. The molecule has 2 aliphatic heterocycles. The Morgan fingerprint density at radius 2 is 1.48 bits per heavy atom. The molecule has 2 aromatic rings. The molecule has 4 nitrogen and oxygen atoms in total. The average molecular weight is 597 g/mol. The van der Waals surface area contributed by atoms with Crippen molar-refractivity contribution in [3.63, 3.8) is 0 Å². The molecule has 2 heterocycles. The maximum absolute atomic E-state index is 13.6. The zero-order valence-corrected chi connectivity index (χ0v) is 23.8. The van der Waals surface area contributed by atoms with Crippen LogP contribution in [0.15, 0.2) is 48.5 Å². The fourth-order valence-electron chi connectivity index (χ4n) is 7.03. The summed E-state index contributed by atoms with van der Waals surface area (Å²) in [5.41, 5.74) is -3.03. The van der Waals surface area contributed by atoms with Crippen LogP contribution in [0, 0.1) is 0 Å². The Morgan fingerprint density at radius 3 is 2.00 bits per heavy atom. The summed E-state index contributed by atoms with van der Waals surface area (Å²) in [6, 6.07) is 11.2. The number of ether oxygens (including phenoxy) is 1. The predicted octanol–water partition coefficient (Wildman–Crippen LogP) is 7.82. The number of likely N-dealkylation sites (tertiary alicyclic amines) is 1. The van der Waals surface area contributed by atoms with Crippen LogP contribution in [0.3, 0.4) is 0 Å². The Morgan fingerprint density at radius 1 is 0.881 bits per heavy atom. The van der Waals surface area contributed by atoms with E-state index in [1.807, 2.05) is 30.3 Å². The minimum atomic E-state index is -4.98. The van der Waals surface area contributed by atoms with E-state index in [9.17, 15) is 31.1 Å². The van der Waals surface area contributed by atoms with Gasteiger partial charge in [-0.1, -0.05) is 30.3 Å². The first-order valence-electron chi connectivity index (χ1n) is 14.9. The average Bonchev–Trinajstić information content (AvgIpc) is 2.97. The van der Waals surface area contributed by atoms with Crippen LogP contribution >= 0.6 is 0 Å². The molecule has 3 fully saturated rings. The highest BCUT2D eigenvalue weighted by molar-refractivity contribution is 5.84. The zero-order valence-electron chi connectivity index (χ0n) is 23.8. The normalized spacial score (nSPS) is 26.1. The molecule has 3 aliphatic rings. The predicted molar refractivity (Wildman–Crippen MR) is 147 cm³/mol. The second kappa shape index (κ2) is 11.8. The van der Waals surface area contributed by atoms with Gasteiger partial charge in [-0.2, -0.15) is 26.3 Å². The number of hydrogen-bond donors (Lipinski definition) is 1. The summed E-state index contributed by atoms with van der Waals surface area (Å²) in [4.78, 5) is 16.1. The second-order valence-electron chi connectivity index (χ2n) is 12.3. The van der Waals surface area contributed by atoms with Gasteiger partial charge in [-0.25, -0.2) is 0 Å². The second-order valence-corrected chi connectivity index (χ2v) is 12.3. The van der Waals surface area contributed by atoms with Gasteiger partial charge in [0, 0.05) is 25.7 Å². The molecule has 2 aromatic carbocycles. The van der Waals surface area contributed by atoms with Gasteiger partial charge in [-0.05, 0) is 94.0 Å². The third kappa shape index (κ3) is 6.64. The van der Waals surface area contributed by atoms with Crippen molar-refractivity contribution in [2.75, 3.05) is 19.7 Å². The van der Waals surface area contributed by atoms with Crippen LogP contribution in [0.2, 0.25) is 0 Å². The van der Waals surface area contributed by atoms with Crippen molar-refractivity contribution in [3.05, 3.63) is 70.8 Å². The summed E-state index contributed by atoms with van der Waals surface area (Å²) in [5, 5.41) is 3.09. The third-order valence-corrected chi connectivity index (χ3v) is 9.66. The van der Waals surface area contributed by atoms with E-state index < -0.39 is 40.8 Å². The van der Waals surface area contributed by atoms with Crippen LogP contribution in [-0.2, 0) is 27.4 Å². The summed E-state index contributed by atoms with van der Waals surface area (Å²) >= 11 is 0. The summed E-state index contributed by atoms with van der Waals surface area (Å²) in [6.45, 7) is 4.11. The van der Waals surface area contributed by atoms with Crippen LogP contribution in [0.5, 0.6) is 0 Å². The molecule has 0 bridgehead atoms. The standard InChI is InChI=1S/C32H38F6N2O2/c1-22(23-19-25(31(33,34)35)21-26(20-23)32(36,37)38)28(41)39-30(24-7-3-2-4-8-24)12-9-27(10-13-30)40-16-14-29(15-17-40)11-5-6-18-42-29/h2-4,7-8,19-22,27H,5-6,9-18H2,1H3,(H,39,41)/t22?,27-,30-. The Kier molecular flexibility index (Phi) is 8.69. The SMILES string of the molecule is CC(C(=O)N[C@]1(c2ccccc2)CC[C@@H](N2CCC3(CCCCO3)CC2)CC1)c1cc(C(F)(F)F)cc(C(F)(F)F)c1. The highest BCUT2D eigenvalue weighted by Gasteiger charge is 2.44. The first-order chi connectivity index (χ1) is 19.8. The Labute approximate surface area is 242 Å². The van der Waals surface area contributed by atoms with E-state index in [0.29, 0.717) is 31.0 Å². The summed E-state index contributed by atoms with van der Waals surface area (Å²) in [7, 11) is 0. The molecule has 10 heteroatoms. The van der Waals surface area contributed by atoms with Gasteiger partial charge in [0.2, 0.25) is 5.91 Å². The molecule has 1 N–H and O–H groups in total. The molecule has 0 radical (unpaired) electrons. The van der Waals surface area contributed by atoms with E-state index in [1.54, 1.807) is 0 Å². The minimum Gasteiger partial charge on any atom is -0.375 e. The largest absolute Gasteiger partial charge is 0.416 e. The number of alkyl halides is 6. The fourth-order valence-corrected chi connectivity index (χ4v) is 7.03. The van der Waals surface area contributed by atoms with Gasteiger partial charge in [0.1, 0.15) is 0 Å². The van der Waals surface area contributed by atoms with Gasteiger partial charge in [0.05, 0.1) is 28.2 Å². The molecule has 1 unspecified atom stereocenters. The van der Waals surface area contributed by atoms with Crippen molar-refractivity contribution in [2.45, 2.75) is 100 Å². The number of rotatable bonds is 5. The van der Waals surface area contributed by atoms with E-state index >= 15 is 0 Å². The first-order valence-corrected chi connectivity index (χ1v) is 14.9. The van der Waals surface area contributed by atoms with Crippen LogP contribution in [-0.4, -0.2) is 42.1 Å². The Balaban J connectivity index is 1.32. The van der Waals surface area contributed by atoms with Crippen LogP contribution in [0.4, 0.5) is 26.3 Å². The lowest BCUT2D eigenvalue weighted by Gasteiger charge is -2.49. The first kappa shape index (κ1) is 30.9. The lowest BCUT2D eigenvalue weighted by molar-refractivity contribution is -0.143. The molecular weight excluding hydrogens is 558 g/mol. The molecule has 1 atom stereocenters.